The number of benzene rings is 2. The van der Waals surface area contributed by atoms with Gasteiger partial charge >= 0.3 is 0 Å². The monoisotopic (exact) mass is 401 g/mol. The van der Waals surface area contributed by atoms with Crippen molar-refractivity contribution in [1.82, 2.24) is 14.9 Å². The van der Waals surface area contributed by atoms with E-state index in [9.17, 15) is 9.59 Å². The molecule has 1 aliphatic rings. The standard InChI is InChI=1S/C25H27N3O2/c1-2-3-5-8-18-11-13-20(14-12-18)25(30)28-16-15-22-21(17-28)24(29)27-23(26-22)19-9-6-4-7-10-19/h4,6-7,9-14H,2-3,5,8,15-17H2,1H3,(H,26,27,29). The van der Waals surface area contributed by atoms with E-state index in [0.717, 1.165) is 17.7 Å². The Morgan fingerprint density at radius 3 is 2.57 bits per heavy atom. The molecule has 5 heteroatoms. The number of nitrogens with zero attached hydrogens (tertiary/aromatic N) is 2. The van der Waals surface area contributed by atoms with Gasteiger partial charge in [0, 0.05) is 24.1 Å². The van der Waals surface area contributed by atoms with E-state index in [1.54, 1.807) is 4.90 Å². The number of H-pyrrole nitrogens is 1. The normalized spacial score (nSPS) is 13.2. The predicted octanol–water partition coefficient (Wildman–Crippen LogP) is 4.37. The summed E-state index contributed by atoms with van der Waals surface area (Å²) in [6.07, 6.45) is 5.23. The smallest absolute Gasteiger partial charge is 0.256 e. The first-order valence-electron chi connectivity index (χ1n) is 10.7. The largest absolute Gasteiger partial charge is 0.334 e. The Labute approximate surface area is 176 Å². The number of amides is 1. The number of carbonyl (C=O) groups excluding carboxylic acids is 1. The van der Waals surface area contributed by atoms with Gasteiger partial charge in [-0.2, -0.15) is 0 Å². The summed E-state index contributed by atoms with van der Waals surface area (Å²) in [5, 5.41) is 0. The molecule has 2 heterocycles. The molecular formula is C25H27N3O2. The van der Waals surface area contributed by atoms with E-state index in [-0.39, 0.29) is 11.5 Å². The number of rotatable bonds is 6. The zero-order valence-corrected chi connectivity index (χ0v) is 17.4. The lowest BCUT2D eigenvalue weighted by molar-refractivity contribution is 0.0732. The second kappa shape index (κ2) is 9.08. The van der Waals surface area contributed by atoms with Crippen molar-refractivity contribution in [2.75, 3.05) is 6.54 Å². The van der Waals surface area contributed by atoms with Gasteiger partial charge in [-0.1, -0.05) is 62.2 Å². The highest BCUT2D eigenvalue weighted by Gasteiger charge is 2.25. The topological polar surface area (TPSA) is 66.1 Å². The van der Waals surface area contributed by atoms with Crippen LogP contribution >= 0.6 is 0 Å². The first-order chi connectivity index (χ1) is 14.7. The molecular weight excluding hydrogens is 374 g/mol. The number of hydrogen-bond acceptors (Lipinski definition) is 3. The van der Waals surface area contributed by atoms with Gasteiger partial charge in [0.15, 0.2) is 0 Å². The summed E-state index contributed by atoms with van der Waals surface area (Å²) in [4.78, 5) is 35.0. The van der Waals surface area contributed by atoms with Gasteiger partial charge in [-0.3, -0.25) is 9.59 Å². The van der Waals surface area contributed by atoms with E-state index in [1.165, 1.54) is 24.8 Å². The first kappa shape index (κ1) is 20.1. The van der Waals surface area contributed by atoms with Crippen LogP contribution in [0, 0.1) is 0 Å². The average Bonchev–Trinajstić information content (AvgIpc) is 2.79. The molecule has 30 heavy (non-hydrogen) atoms. The molecule has 0 atom stereocenters. The van der Waals surface area contributed by atoms with Crippen LogP contribution in [0.2, 0.25) is 0 Å². The maximum absolute atomic E-state index is 13.0. The van der Waals surface area contributed by atoms with Crippen LogP contribution in [0.4, 0.5) is 0 Å². The quantitative estimate of drug-likeness (QED) is 0.624. The molecule has 0 radical (unpaired) electrons. The molecule has 3 aromatic rings. The fourth-order valence-electron chi connectivity index (χ4n) is 3.91. The number of carbonyl (C=O) groups is 1. The molecule has 0 unspecified atom stereocenters. The second-order valence-corrected chi connectivity index (χ2v) is 7.84. The fraction of sp³-hybridized carbons (Fsp3) is 0.320. The molecule has 2 aromatic carbocycles. The van der Waals surface area contributed by atoms with E-state index in [2.05, 4.69) is 16.9 Å². The van der Waals surface area contributed by atoms with Crippen molar-refractivity contribution < 1.29 is 4.79 Å². The summed E-state index contributed by atoms with van der Waals surface area (Å²) in [5.41, 5.74) is 4.03. The first-order valence-corrected chi connectivity index (χ1v) is 10.7. The number of unbranched alkanes of at least 4 members (excludes halogenated alkanes) is 2. The van der Waals surface area contributed by atoms with Crippen molar-refractivity contribution in [1.29, 1.82) is 0 Å². The van der Waals surface area contributed by atoms with E-state index in [1.807, 2.05) is 54.6 Å². The molecule has 0 saturated carbocycles. The third-order valence-electron chi connectivity index (χ3n) is 5.67. The lowest BCUT2D eigenvalue weighted by atomic mass is 10.0. The fourth-order valence-corrected chi connectivity index (χ4v) is 3.91. The van der Waals surface area contributed by atoms with Crippen molar-refractivity contribution in [3.63, 3.8) is 0 Å². The zero-order valence-electron chi connectivity index (χ0n) is 17.4. The Morgan fingerprint density at radius 2 is 1.83 bits per heavy atom. The van der Waals surface area contributed by atoms with Crippen LogP contribution in [-0.4, -0.2) is 27.3 Å². The number of aromatic nitrogens is 2. The van der Waals surface area contributed by atoms with E-state index in [4.69, 9.17) is 0 Å². The Bertz CT molecular complexity index is 1070. The molecule has 1 amide bonds. The summed E-state index contributed by atoms with van der Waals surface area (Å²) in [6, 6.07) is 17.5. The predicted molar refractivity (Wildman–Crippen MR) is 118 cm³/mol. The molecule has 1 N–H and O–H groups in total. The van der Waals surface area contributed by atoms with E-state index < -0.39 is 0 Å². The van der Waals surface area contributed by atoms with Crippen LogP contribution < -0.4 is 5.56 Å². The van der Waals surface area contributed by atoms with Crippen LogP contribution in [0.3, 0.4) is 0 Å². The second-order valence-electron chi connectivity index (χ2n) is 7.84. The van der Waals surface area contributed by atoms with Gasteiger partial charge in [0.2, 0.25) is 0 Å². The molecule has 1 aromatic heterocycles. The van der Waals surface area contributed by atoms with Crippen molar-refractivity contribution in [2.45, 2.75) is 45.6 Å². The van der Waals surface area contributed by atoms with Gasteiger partial charge in [-0.15, -0.1) is 0 Å². The summed E-state index contributed by atoms with van der Waals surface area (Å²) in [5.74, 6) is 0.546. The molecule has 1 aliphatic heterocycles. The van der Waals surface area contributed by atoms with Crippen molar-refractivity contribution in [3.8, 4) is 11.4 Å². The summed E-state index contributed by atoms with van der Waals surface area (Å²) in [6.45, 7) is 3.06. The Hall–Kier alpha value is -3.21. The minimum absolute atomic E-state index is 0.0349. The molecule has 0 fully saturated rings. The highest BCUT2D eigenvalue weighted by Crippen LogP contribution is 2.20. The third-order valence-corrected chi connectivity index (χ3v) is 5.67. The Balaban J connectivity index is 1.49. The highest BCUT2D eigenvalue weighted by atomic mass is 16.2. The summed E-state index contributed by atoms with van der Waals surface area (Å²) in [7, 11) is 0. The average molecular weight is 402 g/mol. The number of aryl methyl sites for hydroxylation is 1. The maximum atomic E-state index is 13.0. The van der Waals surface area contributed by atoms with Crippen LogP contribution in [-0.2, 0) is 19.4 Å². The van der Waals surface area contributed by atoms with Gasteiger partial charge < -0.3 is 9.88 Å². The maximum Gasteiger partial charge on any atom is 0.256 e. The van der Waals surface area contributed by atoms with Gasteiger partial charge in [0.25, 0.3) is 11.5 Å². The lowest BCUT2D eigenvalue weighted by Crippen LogP contribution is -2.39. The van der Waals surface area contributed by atoms with Crippen LogP contribution in [0.25, 0.3) is 11.4 Å². The van der Waals surface area contributed by atoms with E-state index in [0.29, 0.717) is 36.5 Å². The number of fused-ring (bicyclic) bond motifs is 1. The molecule has 154 valence electrons. The van der Waals surface area contributed by atoms with Gasteiger partial charge in [-0.05, 0) is 30.5 Å². The summed E-state index contributed by atoms with van der Waals surface area (Å²) < 4.78 is 0. The number of nitrogens with one attached hydrogen (secondary N) is 1. The number of hydrogen-bond donors (Lipinski definition) is 1. The molecule has 4 rings (SSSR count). The molecule has 0 spiro atoms. The SMILES string of the molecule is CCCCCc1ccc(C(=O)N2CCc3nc(-c4ccccc4)[nH]c(=O)c3C2)cc1. The third kappa shape index (κ3) is 4.35. The molecule has 5 nitrogen and oxygen atoms in total. The van der Waals surface area contributed by atoms with Crippen molar-refractivity contribution in [3.05, 3.63) is 87.3 Å². The van der Waals surface area contributed by atoms with Gasteiger partial charge in [0.05, 0.1) is 17.8 Å². The molecule has 0 saturated heterocycles. The van der Waals surface area contributed by atoms with Crippen LogP contribution in [0.5, 0.6) is 0 Å². The van der Waals surface area contributed by atoms with Gasteiger partial charge in [0.1, 0.15) is 5.82 Å². The zero-order chi connectivity index (χ0) is 20.9. The highest BCUT2D eigenvalue weighted by molar-refractivity contribution is 5.94. The van der Waals surface area contributed by atoms with Gasteiger partial charge in [-0.25, -0.2) is 4.98 Å². The van der Waals surface area contributed by atoms with Crippen LogP contribution in [0.1, 0.15) is 53.4 Å². The lowest BCUT2D eigenvalue weighted by Gasteiger charge is -2.28. The molecule has 0 bridgehead atoms. The van der Waals surface area contributed by atoms with Crippen molar-refractivity contribution in [2.24, 2.45) is 0 Å². The Morgan fingerprint density at radius 1 is 1.07 bits per heavy atom. The molecule has 0 aliphatic carbocycles. The van der Waals surface area contributed by atoms with E-state index >= 15 is 0 Å². The Kier molecular flexibility index (Phi) is 6.07. The minimum atomic E-state index is -0.164. The van der Waals surface area contributed by atoms with Crippen molar-refractivity contribution >= 4 is 5.91 Å². The van der Waals surface area contributed by atoms with Crippen LogP contribution in [0.15, 0.2) is 59.4 Å². The number of aromatic amines is 1. The summed E-state index contributed by atoms with van der Waals surface area (Å²) >= 11 is 0. The minimum Gasteiger partial charge on any atom is -0.334 e.